The van der Waals surface area contributed by atoms with Gasteiger partial charge in [-0.25, -0.2) is 9.78 Å². The molecule has 1 amide bonds. The van der Waals surface area contributed by atoms with Gasteiger partial charge in [0.05, 0.1) is 28.8 Å². The van der Waals surface area contributed by atoms with E-state index in [1.165, 1.54) is 7.11 Å². The van der Waals surface area contributed by atoms with E-state index in [2.05, 4.69) is 10.3 Å². The highest BCUT2D eigenvalue weighted by molar-refractivity contribution is 7.98. The molecule has 0 saturated heterocycles. The van der Waals surface area contributed by atoms with Gasteiger partial charge in [-0.05, 0) is 42.0 Å². The Bertz CT molecular complexity index is 942. The van der Waals surface area contributed by atoms with Gasteiger partial charge in [0.2, 0.25) is 0 Å². The Balaban J connectivity index is 1.98. The number of fused-ring (bicyclic) bond motifs is 1. The van der Waals surface area contributed by atoms with Gasteiger partial charge in [-0.1, -0.05) is 24.3 Å². The van der Waals surface area contributed by atoms with Crippen LogP contribution in [0.2, 0.25) is 0 Å². The molecule has 0 saturated carbocycles. The van der Waals surface area contributed by atoms with Gasteiger partial charge >= 0.3 is 5.97 Å². The summed E-state index contributed by atoms with van der Waals surface area (Å²) < 4.78 is 4.84. The van der Waals surface area contributed by atoms with Crippen LogP contribution in [-0.4, -0.2) is 42.0 Å². The largest absolute Gasteiger partial charge is 0.467 e. The van der Waals surface area contributed by atoms with Crippen molar-refractivity contribution >= 4 is 45.9 Å². The van der Waals surface area contributed by atoms with Gasteiger partial charge < -0.3 is 10.1 Å². The monoisotopic (exact) mass is 400 g/mol. The molecule has 1 aromatic carbocycles. The molecule has 0 unspecified atom stereocenters. The van der Waals surface area contributed by atoms with Crippen LogP contribution in [0.25, 0.3) is 21.5 Å². The quantitative estimate of drug-likeness (QED) is 0.608. The molecule has 140 valence electrons. The van der Waals surface area contributed by atoms with Crippen molar-refractivity contribution in [2.75, 3.05) is 19.1 Å². The number of thiophene rings is 1. The van der Waals surface area contributed by atoms with Crippen molar-refractivity contribution in [2.45, 2.75) is 12.5 Å². The molecule has 5 nitrogen and oxygen atoms in total. The van der Waals surface area contributed by atoms with Crippen molar-refractivity contribution in [3.8, 4) is 10.6 Å². The molecule has 2 heterocycles. The summed E-state index contributed by atoms with van der Waals surface area (Å²) in [6.07, 6.45) is 2.47. The van der Waals surface area contributed by atoms with Crippen LogP contribution in [-0.2, 0) is 9.53 Å². The maximum atomic E-state index is 13.0. The standard InChI is InChI=1S/C20H20N2O3S2/c1-25-20(24)16(9-11-26-2)22-19(23)14-12-17(18-8-5-10-27-18)21-15-7-4-3-6-13(14)15/h3-8,10,12,16H,9,11H2,1-2H3,(H,22,23)/t16-/m1/s1. The highest BCUT2D eigenvalue weighted by Crippen LogP contribution is 2.28. The van der Waals surface area contributed by atoms with E-state index in [-0.39, 0.29) is 5.91 Å². The number of rotatable bonds is 7. The van der Waals surface area contributed by atoms with E-state index < -0.39 is 12.0 Å². The van der Waals surface area contributed by atoms with E-state index in [1.54, 1.807) is 29.2 Å². The molecule has 3 aromatic rings. The minimum absolute atomic E-state index is 0.303. The number of methoxy groups -OCH3 is 1. The number of benzene rings is 1. The fraction of sp³-hybridized carbons (Fsp3) is 0.250. The van der Waals surface area contributed by atoms with E-state index in [9.17, 15) is 9.59 Å². The highest BCUT2D eigenvalue weighted by Gasteiger charge is 2.23. The van der Waals surface area contributed by atoms with Crippen molar-refractivity contribution < 1.29 is 14.3 Å². The third-order valence-corrected chi connectivity index (χ3v) is 5.67. The van der Waals surface area contributed by atoms with Crippen molar-refractivity contribution in [3.63, 3.8) is 0 Å². The van der Waals surface area contributed by atoms with Crippen LogP contribution in [0.15, 0.2) is 47.8 Å². The molecule has 1 atom stereocenters. The maximum absolute atomic E-state index is 13.0. The van der Waals surface area contributed by atoms with Crippen molar-refractivity contribution in [3.05, 3.63) is 53.4 Å². The number of pyridine rings is 1. The van der Waals surface area contributed by atoms with Crippen LogP contribution in [0.1, 0.15) is 16.8 Å². The predicted octanol–water partition coefficient (Wildman–Crippen LogP) is 3.99. The summed E-state index contributed by atoms with van der Waals surface area (Å²) in [7, 11) is 1.33. The summed E-state index contributed by atoms with van der Waals surface area (Å²) in [5, 5.41) is 5.56. The highest BCUT2D eigenvalue weighted by atomic mass is 32.2. The molecule has 0 bridgehead atoms. The van der Waals surface area contributed by atoms with Gasteiger partial charge in [-0.2, -0.15) is 11.8 Å². The van der Waals surface area contributed by atoms with E-state index in [0.29, 0.717) is 12.0 Å². The maximum Gasteiger partial charge on any atom is 0.328 e. The summed E-state index contributed by atoms with van der Waals surface area (Å²) >= 11 is 3.18. The Hall–Kier alpha value is -2.38. The summed E-state index contributed by atoms with van der Waals surface area (Å²) in [6, 6.07) is 12.5. The second kappa shape index (κ2) is 9.01. The van der Waals surface area contributed by atoms with Gasteiger partial charge in [0.15, 0.2) is 0 Å². The third-order valence-electron chi connectivity index (χ3n) is 4.14. The van der Waals surface area contributed by atoms with Gasteiger partial charge in [0.25, 0.3) is 5.91 Å². The zero-order valence-electron chi connectivity index (χ0n) is 15.1. The zero-order valence-corrected chi connectivity index (χ0v) is 16.7. The van der Waals surface area contributed by atoms with Gasteiger partial charge in [0, 0.05) is 5.39 Å². The average molecular weight is 401 g/mol. The lowest BCUT2D eigenvalue weighted by atomic mass is 10.1. The van der Waals surface area contributed by atoms with E-state index in [1.807, 2.05) is 48.0 Å². The van der Waals surface area contributed by atoms with Crippen molar-refractivity contribution in [1.82, 2.24) is 10.3 Å². The number of thioether (sulfide) groups is 1. The van der Waals surface area contributed by atoms with Gasteiger partial charge in [-0.15, -0.1) is 11.3 Å². The summed E-state index contributed by atoms with van der Waals surface area (Å²) in [5.74, 6) is 0.00886. The average Bonchev–Trinajstić information content (AvgIpc) is 3.24. The van der Waals surface area contributed by atoms with Crippen LogP contribution < -0.4 is 5.32 Å². The lowest BCUT2D eigenvalue weighted by Gasteiger charge is -2.17. The molecule has 0 aliphatic carbocycles. The van der Waals surface area contributed by atoms with Crippen LogP contribution >= 0.6 is 23.1 Å². The number of para-hydroxylation sites is 1. The van der Waals surface area contributed by atoms with E-state index in [0.717, 1.165) is 27.2 Å². The number of carbonyl (C=O) groups is 2. The fourth-order valence-corrected chi connectivity index (χ4v) is 3.93. The Morgan fingerprint density at radius 3 is 2.78 bits per heavy atom. The smallest absolute Gasteiger partial charge is 0.328 e. The van der Waals surface area contributed by atoms with Crippen LogP contribution in [0, 0.1) is 0 Å². The molecular formula is C20H20N2O3S2. The molecule has 2 aromatic heterocycles. The molecule has 27 heavy (non-hydrogen) atoms. The molecule has 0 aliphatic heterocycles. The fourth-order valence-electron chi connectivity index (χ4n) is 2.78. The lowest BCUT2D eigenvalue weighted by molar-refractivity contribution is -0.142. The number of carbonyl (C=O) groups excluding carboxylic acids is 2. The minimum Gasteiger partial charge on any atom is -0.467 e. The SMILES string of the molecule is COC(=O)[C@@H](CCSC)NC(=O)c1cc(-c2cccs2)nc2ccccc12. The normalized spacial score (nSPS) is 11.9. The first-order valence-corrected chi connectivity index (χ1v) is 10.7. The first kappa shape index (κ1) is 19.4. The minimum atomic E-state index is -0.674. The first-order chi connectivity index (χ1) is 13.1. The van der Waals surface area contributed by atoms with Crippen LogP contribution in [0.5, 0.6) is 0 Å². The number of amides is 1. The number of esters is 1. The van der Waals surface area contributed by atoms with E-state index >= 15 is 0 Å². The van der Waals surface area contributed by atoms with Crippen LogP contribution in [0.3, 0.4) is 0 Å². The summed E-state index contributed by atoms with van der Waals surface area (Å²) in [4.78, 5) is 30.7. The molecule has 0 radical (unpaired) electrons. The number of nitrogens with zero attached hydrogens (tertiary/aromatic N) is 1. The lowest BCUT2D eigenvalue weighted by Crippen LogP contribution is -2.42. The second-order valence-corrected chi connectivity index (χ2v) is 7.81. The Kier molecular flexibility index (Phi) is 6.47. The number of ether oxygens (including phenoxy) is 1. The number of hydrogen-bond acceptors (Lipinski definition) is 6. The topological polar surface area (TPSA) is 68.3 Å². The molecule has 1 N–H and O–H groups in total. The molecule has 0 spiro atoms. The van der Waals surface area contributed by atoms with Crippen LogP contribution in [0.4, 0.5) is 0 Å². The van der Waals surface area contributed by atoms with E-state index in [4.69, 9.17) is 4.74 Å². The number of hydrogen-bond donors (Lipinski definition) is 1. The number of aromatic nitrogens is 1. The molecular weight excluding hydrogens is 380 g/mol. The Labute approximate surface area is 166 Å². The van der Waals surface area contributed by atoms with Gasteiger partial charge in [-0.3, -0.25) is 4.79 Å². The molecule has 7 heteroatoms. The second-order valence-electron chi connectivity index (χ2n) is 5.88. The first-order valence-electron chi connectivity index (χ1n) is 8.45. The molecule has 3 rings (SSSR count). The van der Waals surface area contributed by atoms with Gasteiger partial charge in [0.1, 0.15) is 6.04 Å². The molecule has 0 fully saturated rings. The summed E-state index contributed by atoms with van der Waals surface area (Å²) in [5.41, 5.74) is 1.99. The molecule has 0 aliphatic rings. The Morgan fingerprint density at radius 1 is 1.26 bits per heavy atom. The summed E-state index contributed by atoms with van der Waals surface area (Å²) in [6.45, 7) is 0. The van der Waals surface area contributed by atoms with Crippen molar-refractivity contribution in [1.29, 1.82) is 0 Å². The Morgan fingerprint density at radius 2 is 2.07 bits per heavy atom. The number of nitrogens with one attached hydrogen (secondary N) is 1. The predicted molar refractivity (Wildman–Crippen MR) is 111 cm³/mol. The third kappa shape index (κ3) is 4.48. The van der Waals surface area contributed by atoms with Crippen molar-refractivity contribution in [2.24, 2.45) is 0 Å². The zero-order chi connectivity index (χ0) is 19.2.